The summed E-state index contributed by atoms with van der Waals surface area (Å²) in [7, 11) is 1.27. The van der Waals surface area contributed by atoms with Crippen LogP contribution in [0.4, 0.5) is 8.78 Å². The number of carbonyl (C=O) groups is 1. The van der Waals surface area contributed by atoms with Gasteiger partial charge in [0.15, 0.2) is 11.6 Å². The van der Waals surface area contributed by atoms with Crippen LogP contribution in [0.3, 0.4) is 0 Å². The van der Waals surface area contributed by atoms with E-state index in [9.17, 15) is 18.7 Å². The summed E-state index contributed by atoms with van der Waals surface area (Å²) in [5.41, 5.74) is -0.574. The molecule has 0 bridgehead atoms. The highest BCUT2D eigenvalue weighted by atomic mass is 19.1. The van der Waals surface area contributed by atoms with E-state index in [1.165, 1.54) is 12.0 Å². The number of amides is 1. The first-order valence-corrected chi connectivity index (χ1v) is 8.34. The molecule has 1 aromatic rings. The number of piperidine rings is 1. The average Bonchev–Trinajstić information content (AvgIpc) is 2.54. The number of methoxy groups -OCH3 is 1. The molecular weight excluding hydrogens is 316 g/mol. The summed E-state index contributed by atoms with van der Waals surface area (Å²) in [6, 6.07) is 2.20. The van der Waals surface area contributed by atoms with Gasteiger partial charge in [0.1, 0.15) is 11.4 Å². The number of carbonyl (C=O) groups excluding carboxylic acids is 1. The highest BCUT2D eigenvalue weighted by Crippen LogP contribution is 2.28. The first kappa shape index (κ1) is 18.6. The van der Waals surface area contributed by atoms with Crippen LogP contribution < -0.4 is 4.74 Å². The molecule has 1 fully saturated rings. The zero-order valence-electron chi connectivity index (χ0n) is 14.4. The number of likely N-dealkylation sites (tertiary alicyclic amines) is 1. The Morgan fingerprint density at radius 2 is 1.96 bits per heavy atom. The largest absolute Gasteiger partial charge is 0.494 e. The van der Waals surface area contributed by atoms with E-state index in [-0.39, 0.29) is 11.7 Å². The second-order valence-electron chi connectivity index (χ2n) is 6.77. The number of aliphatic hydroxyl groups is 1. The molecule has 0 spiro atoms. The number of aliphatic hydroxyl groups excluding tert-OH is 1. The maximum Gasteiger partial charge on any atom is 0.259 e. The second kappa shape index (κ2) is 7.92. The van der Waals surface area contributed by atoms with Crippen molar-refractivity contribution in [3.63, 3.8) is 0 Å². The zero-order valence-corrected chi connectivity index (χ0v) is 14.4. The molecule has 0 saturated carbocycles. The number of ether oxygens (including phenoxy) is 1. The van der Waals surface area contributed by atoms with Crippen molar-refractivity contribution in [3.05, 3.63) is 29.3 Å². The zero-order chi connectivity index (χ0) is 17.9. The maximum atomic E-state index is 14.2. The highest BCUT2D eigenvalue weighted by molar-refractivity contribution is 5.95. The van der Waals surface area contributed by atoms with E-state index in [4.69, 9.17) is 4.74 Å². The quantitative estimate of drug-likeness (QED) is 0.894. The van der Waals surface area contributed by atoms with Crippen LogP contribution in [0.25, 0.3) is 0 Å². The lowest BCUT2D eigenvalue weighted by molar-refractivity contribution is 0.0380. The van der Waals surface area contributed by atoms with Crippen molar-refractivity contribution in [3.8, 4) is 5.75 Å². The van der Waals surface area contributed by atoms with Gasteiger partial charge in [-0.15, -0.1) is 0 Å². The molecule has 2 rings (SSSR count). The third kappa shape index (κ3) is 4.04. The molecular formula is C18H25F2NO3. The van der Waals surface area contributed by atoms with E-state index < -0.39 is 29.2 Å². The second-order valence-corrected chi connectivity index (χ2v) is 6.77. The van der Waals surface area contributed by atoms with E-state index in [2.05, 4.69) is 13.8 Å². The molecule has 1 amide bonds. The van der Waals surface area contributed by atoms with E-state index in [0.29, 0.717) is 31.8 Å². The van der Waals surface area contributed by atoms with Gasteiger partial charge in [-0.05, 0) is 43.2 Å². The summed E-state index contributed by atoms with van der Waals surface area (Å²) in [6.07, 6.45) is 1.59. The topological polar surface area (TPSA) is 49.8 Å². The first-order chi connectivity index (χ1) is 11.3. The number of halogens is 2. The van der Waals surface area contributed by atoms with Gasteiger partial charge >= 0.3 is 0 Å². The molecule has 0 aromatic heterocycles. The van der Waals surface area contributed by atoms with Gasteiger partial charge < -0.3 is 14.7 Å². The number of hydrogen-bond acceptors (Lipinski definition) is 3. The number of benzene rings is 1. The fourth-order valence-electron chi connectivity index (χ4n) is 3.21. The molecule has 0 radical (unpaired) electrons. The molecule has 1 aliphatic heterocycles. The predicted molar refractivity (Wildman–Crippen MR) is 87.0 cm³/mol. The van der Waals surface area contributed by atoms with Crippen LogP contribution in [0.1, 0.15) is 43.5 Å². The standard InChI is InChI=1S/C18H25F2NO3/c1-11(2)10-14(22)12-6-8-21(9-7-12)18(23)16-13(19)4-5-15(24-3)17(16)20/h4-5,11-12,14,22H,6-10H2,1-3H3/t14-/m0/s1. The van der Waals surface area contributed by atoms with Crippen LogP contribution in [0.15, 0.2) is 12.1 Å². The molecule has 134 valence electrons. The molecule has 4 nitrogen and oxygen atoms in total. The van der Waals surface area contributed by atoms with Gasteiger partial charge in [0.25, 0.3) is 5.91 Å². The summed E-state index contributed by atoms with van der Waals surface area (Å²) in [6.45, 7) is 4.87. The van der Waals surface area contributed by atoms with Gasteiger partial charge in [-0.3, -0.25) is 4.79 Å². The molecule has 6 heteroatoms. The summed E-state index contributed by atoms with van der Waals surface area (Å²) in [5.74, 6) is -2.15. The van der Waals surface area contributed by atoms with Crippen LogP contribution in [0.5, 0.6) is 5.75 Å². The van der Waals surface area contributed by atoms with Crippen LogP contribution in [0.2, 0.25) is 0 Å². The Morgan fingerprint density at radius 3 is 2.50 bits per heavy atom. The minimum atomic E-state index is -0.968. The van der Waals surface area contributed by atoms with Crippen LogP contribution in [-0.2, 0) is 0 Å². The summed E-state index contributed by atoms with van der Waals surface area (Å²) in [4.78, 5) is 13.9. The number of hydrogen-bond donors (Lipinski definition) is 1. The molecule has 1 saturated heterocycles. The van der Waals surface area contributed by atoms with Gasteiger partial charge in [-0.2, -0.15) is 0 Å². The van der Waals surface area contributed by atoms with Gasteiger partial charge in [-0.1, -0.05) is 13.8 Å². The molecule has 1 atom stereocenters. The predicted octanol–water partition coefficient (Wildman–Crippen LogP) is 3.23. The van der Waals surface area contributed by atoms with E-state index in [0.717, 1.165) is 18.6 Å². The minimum Gasteiger partial charge on any atom is -0.494 e. The molecule has 1 heterocycles. The minimum absolute atomic E-state index is 0.122. The Hall–Kier alpha value is -1.69. The smallest absolute Gasteiger partial charge is 0.259 e. The Kier molecular flexibility index (Phi) is 6.15. The SMILES string of the molecule is COc1ccc(F)c(C(=O)N2CCC([C@@H](O)CC(C)C)CC2)c1F. The van der Waals surface area contributed by atoms with Crippen molar-refractivity contribution in [2.75, 3.05) is 20.2 Å². The number of rotatable bonds is 5. The van der Waals surface area contributed by atoms with Crippen LogP contribution >= 0.6 is 0 Å². The molecule has 0 unspecified atom stereocenters. The maximum absolute atomic E-state index is 14.2. The van der Waals surface area contributed by atoms with Crippen molar-refractivity contribution in [1.82, 2.24) is 4.90 Å². The third-order valence-electron chi connectivity index (χ3n) is 4.57. The van der Waals surface area contributed by atoms with Gasteiger partial charge in [-0.25, -0.2) is 8.78 Å². The van der Waals surface area contributed by atoms with Gasteiger partial charge in [0.2, 0.25) is 0 Å². The van der Waals surface area contributed by atoms with Crippen molar-refractivity contribution in [1.29, 1.82) is 0 Å². The van der Waals surface area contributed by atoms with Crippen molar-refractivity contribution in [2.24, 2.45) is 11.8 Å². The van der Waals surface area contributed by atoms with E-state index in [1.807, 2.05) is 0 Å². The van der Waals surface area contributed by atoms with E-state index >= 15 is 0 Å². The summed E-state index contributed by atoms with van der Waals surface area (Å²) in [5, 5.41) is 10.2. The first-order valence-electron chi connectivity index (χ1n) is 8.34. The fraction of sp³-hybridized carbons (Fsp3) is 0.611. The van der Waals surface area contributed by atoms with E-state index in [1.54, 1.807) is 0 Å². The molecule has 1 N–H and O–H groups in total. The van der Waals surface area contributed by atoms with Crippen molar-refractivity contribution in [2.45, 2.75) is 39.2 Å². The Morgan fingerprint density at radius 1 is 1.33 bits per heavy atom. The summed E-state index contributed by atoms with van der Waals surface area (Å²) < 4.78 is 33.0. The normalized spacial score (nSPS) is 17.2. The monoisotopic (exact) mass is 341 g/mol. The van der Waals surface area contributed by atoms with Crippen LogP contribution in [0, 0.1) is 23.5 Å². The average molecular weight is 341 g/mol. The molecule has 24 heavy (non-hydrogen) atoms. The van der Waals surface area contributed by atoms with Gasteiger partial charge in [0, 0.05) is 13.1 Å². The molecule has 1 aromatic carbocycles. The van der Waals surface area contributed by atoms with Gasteiger partial charge in [0.05, 0.1) is 13.2 Å². The molecule has 0 aliphatic carbocycles. The fourth-order valence-corrected chi connectivity index (χ4v) is 3.21. The lowest BCUT2D eigenvalue weighted by Crippen LogP contribution is -2.42. The summed E-state index contributed by atoms with van der Waals surface area (Å²) >= 11 is 0. The Labute approximate surface area is 141 Å². The lowest BCUT2D eigenvalue weighted by Gasteiger charge is -2.35. The molecule has 1 aliphatic rings. The van der Waals surface area contributed by atoms with Crippen molar-refractivity contribution >= 4 is 5.91 Å². The highest BCUT2D eigenvalue weighted by Gasteiger charge is 2.31. The van der Waals surface area contributed by atoms with Crippen LogP contribution in [-0.4, -0.2) is 42.2 Å². The third-order valence-corrected chi connectivity index (χ3v) is 4.57. The van der Waals surface area contributed by atoms with Crippen molar-refractivity contribution < 1.29 is 23.4 Å². The Balaban J connectivity index is 2.06. The lowest BCUT2D eigenvalue weighted by atomic mass is 9.87. The Bertz CT molecular complexity index is 584. The number of nitrogens with zero attached hydrogens (tertiary/aromatic N) is 1.